The van der Waals surface area contributed by atoms with Crippen LogP contribution in [0.1, 0.15) is 23.0 Å². The van der Waals surface area contributed by atoms with Crippen molar-refractivity contribution in [2.45, 2.75) is 13.3 Å². The van der Waals surface area contributed by atoms with Crippen LogP contribution in [0.5, 0.6) is 0 Å². The van der Waals surface area contributed by atoms with Crippen LogP contribution in [0.15, 0.2) is 51.4 Å². The van der Waals surface area contributed by atoms with Gasteiger partial charge in [0.15, 0.2) is 5.13 Å². The maximum absolute atomic E-state index is 12.7. The van der Waals surface area contributed by atoms with Crippen LogP contribution in [0.4, 0.5) is 5.13 Å². The summed E-state index contributed by atoms with van der Waals surface area (Å²) in [5.41, 5.74) is 2.28. The number of rotatable bonds is 4. The molecule has 0 aliphatic rings. The molecule has 0 radical (unpaired) electrons. The third kappa shape index (κ3) is 3.43. The van der Waals surface area contributed by atoms with E-state index in [0.29, 0.717) is 5.13 Å². The largest absolute Gasteiger partial charge is 0.332 e. The zero-order chi connectivity index (χ0) is 21.4. The molecule has 0 saturated heterocycles. The normalized spacial score (nSPS) is 11.0. The average Bonchev–Trinajstić information content (AvgIpc) is 3.24. The molecular weight excluding hydrogens is 402 g/mol. The molecule has 4 rings (SSSR count). The van der Waals surface area contributed by atoms with Gasteiger partial charge in [-0.15, -0.1) is 11.3 Å². The summed E-state index contributed by atoms with van der Waals surface area (Å²) < 4.78 is 2.25. The van der Waals surface area contributed by atoms with Crippen LogP contribution in [-0.4, -0.2) is 25.0 Å². The van der Waals surface area contributed by atoms with Gasteiger partial charge in [0.25, 0.3) is 11.5 Å². The number of fused-ring (bicyclic) bond motifs is 1. The number of aromatic nitrogens is 4. The van der Waals surface area contributed by atoms with Gasteiger partial charge in [-0.25, -0.2) is 14.8 Å². The Hall–Kier alpha value is -3.59. The second-order valence-electron chi connectivity index (χ2n) is 6.82. The Morgan fingerprint density at radius 1 is 1.03 bits per heavy atom. The molecule has 0 atom stereocenters. The minimum absolute atomic E-state index is 0.0924. The summed E-state index contributed by atoms with van der Waals surface area (Å²) in [6.45, 7) is 2.10. The number of anilines is 1. The molecule has 30 heavy (non-hydrogen) atoms. The topological polar surface area (TPSA) is 98.9 Å². The van der Waals surface area contributed by atoms with Crippen LogP contribution in [0.2, 0.25) is 0 Å². The van der Waals surface area contributed by atoms with Crippen LogP contribution in [-0.2, 0) is 20.5 Å². The van der Waals surface area contributed by atoms with E-state index in [1.807, 2.05) is 17.5 Å². The number of pyridine rings is 1. The van der Waals surface area contributed by atoms with Crippen molar-refractivity contribution in [3.63, 3.8) is 0 Å². The Kier molecular flexibility index (Phi) is 5.04. The van der Waals surface area contributed by atoms with Crippen molar-refractivity contribution in [1.82, 2.24) is 19.1 Å². The Morgan fingerprint density at radius 2 is 1.77 bits per heavy atom. The SMILES string of the molecule is CCc1ccc(-c2csc(NC(=O)c3ccc4c(=O)n(C)c(=O)n(C)c4n3)n2)cc1. The van der Waals surface area contributed by atoms with Crippen molar-refractivity contribution < 1.29 is 4.79 Å². The van der Waals surface area contributed by atoms with Crippen molar-refractivity contribution in [3.05, 3.63) is 73.9 Å². The van der Waals surface area contributed by atoms with Crippen molar-refractivity contribution in [2.24, 2.45) is 14.1 Å². The molecule has 0 aliphatic heterocycles. The van der Waals surface area contributed by atoms with E-state index in [2.05, 4.69) is 34.3 Å². The Morgan fingerprint density at radius 3 is 2.47 bits per heavy atom. The molecule has 8 nitrogen and oxygen atoms in total. The molecule has 0 aliphatic carbocycles. The molecule has 0 saturated carbocycles. The number of amides is 1. The zero-order valence-corrected chi connectivity index (χ0v) is 17.5. The standard InChI is InChI=1S/C21H19N5O3S/c1-4-12-5-7-13(8-6-12)16-11-30-20(23-16)24-18(27)15-10-9-14-17(22-15)25(2)21(29)26(3)19(14)28/h5-11H,4H2,1-3H3,(H,23,24,27). The number of carbonyl (C=O) groups excluding carboxylic acids is 1. The smallest absolute Gasteiger partial charge is 0.296 e. The van der Waals surface area contributed by atoms with Crippen molar-refractivity contribution in [3.8, 4) is 11.3 Å². The first-order chi connectivity index (χ1) is 14.4. The molecule has 4 aromatic rings. The van der Waals surface area contributed by atoms with Gasteiger partial charge in [0.2, 0.25) is 0 Å². The van der Waals surface area contributed by atoms with Gasteiger partial charge in [-0.1, -0.05) is 31.2 Å². The van der Waals surface area contributed by atoms with E-state index in [1.165, 1.54) is 47.7 Å². The fraction of sp³-hybridized carbons (Fsp3) is 0.190. The highest BCUT2D eigenvalue weighted by Gasteiger charge is 2.15. The van der Waals surface area contributed by atoms with Gasteiger partial charge in [-0.05, 0) is 24.1 Å². The Bertz CT molecular complexity index is 1380. The predicted octanol–water partition coefficient (Wildman–Crippen LogP) is 2.57. The van der Waals surface area contributed by atoms with Crippen LogP contribution in [0.3, 0.4) is 0 Å². The van der Waals surface area contributed by atoms with Crippen LogP contribution >= 0.6 is 11.3 Å². The number of nitrogens with zero attached hydrogens (tertiary/aromatic N) is 4. The lowest BCUT2D eigenvalue weighted by Gasteiger charge is -2.08. The molecular formula is C21H19N5O3S. The molecule has 1 amide bonds. The third-order valence-electron chi connectivity index (χ3n) is 4.92. The second-order valence-corrected chi connectivity index (χ2v) is 7.67. The quantitative estimate of drug-likeness (QED) is 0.546. The molecule has 3 aromatic heterocycles. The first-order valence-electron chi connectivity index (χ1n) is 9.32. The van der Waals surface area contributed by atoms with E-state index in [-0.39, 0.29) is 16.7 Å². The molecule has 3 heterocycles. The van der Waals surface area contributed by atoms with E-state index in [4.69, 9.17) is 0 Å². The van der Waals surface area contributed by atoms with E-state index in [9.17, 15) is 14.4 Å². The maximum atomic E-state index is 12.7. The van der Waals surface area contributed by atoms with E-state index in [1.54, 1.807) is 0 Å². The molecule has 9 heteroatoms. The summed E-state index contributed by atoms with van der Waals surface area (Å²) in [5, 5.41) is 5.31. The summed E-state index contributed by atoms with van der Waals surface area (Å²) in [5.74, 6) is -0.466. The number of carbonyl (C=O) groups is 1. The van der Waals surface area contributed by atoms with Gasteiger partial charge in [0.1, 0.15) is 11.3 Å². The Balaban J connectivity index is 1.61. The van der Waals surface area contributed by atoms with Crippen LogP contribution in [0, 0.1) is 0 Å². The fourth-order valence-corrected chi connectivity index (χ4v) is 3.83. The van der Waals surface area contributed by atoms with Gasteiger partial charge in [-0.2, -0.15) is 0 Å². The molecule has 0 bridgehead atoms. The first kappa shape index (κ1) is 19.7. The van der Waals surface area contributed by atoms with Gasteiger partial charge >= 0.3 is 5.69 Å². The van der Waals surface area contributed by atoms with Crippen molar-refractivity contribution in [1.29, 1.82) is 0 Å². The van der Waals surface area contributed by atoms with E-state index < -0.39 is 17.2 Å². The summed E-state index contributed by atoms with van der Waals surface area (Å²) in [6.07, 6.45) is 0.967. The van der Waals surface area contributed by atoms with E-state index >= 15 is 0 Å². The van der Waals surface area contributed by atoms with Crippen molar-refractivity contribution in [2.75, 3.05) is 5.32 Å². The van der Waals surface area contributed by atoms with Gasteiger partial charge in [-0.3, -0.25) is 24.0 Å². The minimum Gasteiger partial charge on any atom is -0.296 e. The monoisotopic (exact) mass is 421 g/mol. The lowest BCUT2D eigenvalue weighted by Crippen LogP contribution is -2.37. The average molecular weight is 421 g/mol. The summed E-state index contributed by atoms with van der Waals surface area (Å²) >= 11 is 1.31. The molecule has 0 spiro atoms. The summed E-state index contributed by atoms with van der Waals surface area (Å²) in [7, 11) is 2.91. The fourth-order valence-electron chi connectivity index (χ4n) is 3.12. The first-order valence-corrected chi connectivity index (χ1v) is 10.2. The molecule has 1 aromatic carbocycles. The van der Waals surface area contributed by atoms with Gasteiger partial charge < -0.3 is 0 Å². The van der Waals surface area contributed by atoms with Crippen LogP contribution in [0.25, 0.3) is 22.3 Å². The van der Waals surface area contributed by atoms with Crippen molar-refractivity contribution >= 4 is 33.4 Å². The minimum atomic E-state index is -0.504. The predicted molar refractivity (Wildman–Crippen MR) is 117 cm³/mol. The highest BCUT2D eigenvalue weighted by Crippen LogP contribution is 2.25. The number of thiazole rings is 1. The number of benzene rings is 1. The lowest BCUT2D eigenvalue weighted by molar-refractivity contribution is 0.102. The second kappa shape index (κ2) is 7.68. The molecule has 0 unspecified atom stereocenters. The van der Waals surface area contributed by atoms with Gasteiger partial charge in [0.05, 0.1) is 11.1 Å². The zero-order valence-electron chi connectivity index (χ0n) is 16.7. The summed E-state index contributed by atoms with van der Waals surface area (Å²) in [4.78, 5) is 45.7. The van der Waals surface area contributed by atoms with E-state index in [0.717, 1.165) is 22.2 Å². The highest BCUT2D eigenvalue weighted by molar-refractivity contribution is 7.14. The number of hydrogen-bond acceptors (Lipinski definition) is 6. The number of hydrogen-bond donors (Lipinski definition) is 1. The maximum Gasteiger partial charge on any atom is 0.332 e. The molecule has 1 N–H and O–H groups in total. The number of aryl methyl sites for hydroxylation is 2. The third-order valence-corrected chi connectivity index (χ3v) is 5.67. The molecule has 152 valence electrons. The lowest BCUT2D eigenvalue weighted by atomic mass is 10.1. The highest BCUT2D eigenvalue weighted by atomic mass is 32.1. The number of nitrogens with one attached hydrogen (secondary N) is 1. The Labute approximate surface area is 175 Å². The van der Waals surface area contributed by atoms with Crippen LogP contribution < -0.4 is 16.6 Å². The molecule has 0 fully saturated rings. The van der Waals surface area contributed by atoms with Gasteiger partial charge in [0, 0.05) is 25.0 Å². The summed E-state index contributed by atoms with van der Waals surface area (Å²) in [6, 6.07) is 11.1.